The summed E-state index contributed by atoms with van der Waals surface area (Å²) in [5.41, 5.74) is -0.213. The monoisotopic (exact) mass is 384 g/mol. The lowest BCUT2D eigenvalue weighted by molar-refractivity contribution is 0.163. The van der Waals surface area contributed by atoms with Crippen molar-refractivity contribution in [3.63, 3.8) is 0 Å². The Kier molecular flexibility index (Phi) is 6.60. The number of halogens is 1. The number of aromatic nitrogens is 4. The average molecular weight is 385 g/mol. The van der Waals surface area contributed by atoms with Crippen LogP contribution in [0.4, 0.5) is 0 Å². The zero-order valence-corrected chi connectivity index (χ0v) is 15.9. The summed E-state index contributed by atoms with van der Waals surface area (Å²) in [5, 5.41) is 10.2. The minimum absolute atomic E-state index is 0. The van der Waals surface area contributed by atoms with E-state index in [1.807, 2.05) is 0 Å². The highest BCUT2D eigenvalue weighted by molar-refractivity contribution is 5.85. The molecule has 2 aromatic heterocycles. The molecule has 0 saturated carbocycles. The molecule has 2 aromatic rings. The summed E-state index contributed by atoms with van der Waals surface area (Å²) in [6.45, 7) is 2.47. The van der Waals surface area contributed by atoms with E-state index in [4.69, 9.17) is 0 Å². The molecule has 1 unspecified atom stereocenters. The van der Waals surface area contributed by atoms with Crippen molar-refractivity contribution >= 4 is 29.9 Å². The molecule has 0 bridgehead atoms. The molecule has 9 nitrogen and oxygen atoms in total. The third-order valence-corrected chi connectivity index (χ3v) is 4.58. The van der Waals surface area contributed by atoms with E-state index in [0.29, 0.717) is 11.2 Å². The highest BCUT2D eigenvalue weighted by atomic mass is 35.5. The molecule has 3 rings (SSSR count). The van der Waals surface area contributed by atoms with E-state index in [0.717, 1.165) is 17.7 Å². The molecule has 1 aliphatic heterocycles. The van der Waals surface area contributed by atoms with Gasteiger partial charge in [-0.3, -0.25) is 18.9 Å². The SMILES string of the molecule is Cl.Cn1c(=O)c2c(ncn2CC(O)CN=CN2CCCCC2)n(C)c1=O. The molecule has 1 N–H and O–H groups in total. The largest absolute Gasteiger partial charge is 0.389 e. The standard InChI is InChI=1S/C16H24N6O3.ClH/c1-19-14-13(15(24)20(2)16(19)25)22(11-18-14)9-12(23)8-17-10-21-6-4-3-5-7-21;/h10-12,23H,3-9H2,1-2H3;1H. The molecular weight excluding hydrogens is 360 g/mol. The van der Waals surface area contributed by atoms with E-state index >= 15 is 0 Å². The van der Waals surface area contributed by atoms with Crippen molar-refractivity contribution in [2.24, 2.45) is 19.1 Å². The number of rotatable bonds is 5. The lowest BCUT2D eigenvalue weighted by Gasteiger charge is -2.24. The number of aliphatic hydroxyl groups excluding tert-OH is 1. The summed E-state index contributed by atoms with van der Waals surface area (Å²) in [6, 6.07) is 0. The van der Waals surface area contributed by atoms with Crippen molar-refractivity contribution in [2.45, 2.75) is 31.9 Å². The Labute approximate surface area is 157 Å². The number of fused-ring (bicyclic) bond motifs is 1. The van der Waals surface area contributed by atoms with Crippen LogP contribution in [0.5, 0.6) is 0 Å². The molecule has 1 atom stereocenters. The molecule has 10 heteroatoms. The van der Waals surface area contributed by atoms with Gasteiger partial charge in [0.05, 0.1) is 31.9 Å². The first-order valence-corrected chi connectivity index (χ1v) is 8.52. The molecule has 1 fully saturated rings. The third kappa shape index (κ3) is 3.99. The van der Waals surface area contributed by atoms with Crippen LogP contribution in [0.15, 0.2) is 20.9 Å². The van der Waals surface area contributed by atoms with Crippen LogP contribution in [0.2, 0.25) is 0 Å². The summed E-state index contributed by atoms with van der Waals surface area (Å²) in [4.78, 5) is 34.9. The van der Waals surface area contributed by atoms with Gasteiger partial charge >= 0.3 is 5.69 Å². The zero-order valence-electron chi connectivity index (χ0n) is 15.0. The quantitative estimate of drug-likeness (QED) is 0.565. The number of hydrogen-bond acceptors (Lipinski definition) is 5. The predicted octanol–water partition coefficient (Wildman–Crippen LogP) is -0.269. The van der Waals surface area contributed by atoms with Gasteiger partial charge in [0.25, 0.3) is 5.56 Å². The highest BCUT2D eigenvalue weighted by Crippen LogP contribution is 2.08. The summed E-state index contributed by atoms with van der Waals surface area (Å²) in [5.74, 6) is 0. The minimum Gasteiger partial charge on any atom is -0.389 e. The molecule has 0 aromatic carbocycles. The highest BCUT2D eigenvalue weighted by Gasteiger charge is 2.16. The molecule has 144 valence electrons. The number of aliphatic hydroxyl groups is 1. The van der Waals surface area contributed by atoms with Crippen LogP contribution >= 0.6 is 12.4 Å². The van der Waals surface area contributed by atoms with Crippen molar-refractivity contribution in [1.29, 1.82) is 0 Å². The molecule has 0 radical (unpaired) electrons. The van der Waals surface area contributed by atoms with Gasteiger partial charge in [-0.25, -0.2) is 9.78 Å². The van der Waals surface area contributed by atoms with Crippen molar-refractivity contribution in [3.8, 4) is 0 Å². The topological polar surface area (TPSA) is 97.6 Å². The third-order valence-electron chi connectivity index (χ3n) is 4.58. The van der Waals surface area contributed by atoms with E-state index in [-0.39, 0.29) is 25.5 Å². The van der Waals surface area contributed by atoms with Gasteiger partial charge in [-0.2, -0.15) is 0 Å². The number of nitrogens with zero attached hydrogens (tertiary/aromatic N) is 6. The Morgan fingerprint density at radius 2 is 1.92 bits per heavy atom. The maximum absolute atomic E-state index is 12.4. The first-order valence-electron chi connectivity index (χ1n) is 8.52. The van der Waals surface area contributed by atoms with Crippen LogP contribution < -0.4 is 11.2 Å². The van der Waals surface area contributed by atoms with Gasteiger partial charge in [0.15, 0.2) is 11.2 Å². The molecule has 1 saturated heterocycles. The van der Waals surface area contributed by atoms with Crippen LogP contribution in [0.3, 0.4) is 0 Å². The summed E-state index contributed by atoms with van der Waals surface area (Å²) in [6.07, 6.45) is 6.16. The van der Waals surface area contributed by atoms with Crippen LogP contribution in [0.1, 0.15) is 19.3 Å². The van der Waals surface area contributed by atoms with Crippen LogP contribution in [-0.4, -0.2) is 60.8 Å². The molecule has 1 aliphatic rings. The second kappa shape index (κ2) is 8.50. The van der Waals surface area contributed by atoms with Crippen molar-refractivity contribution in [3.05, 3.63) is 27.2 Å². The fourth-order valence-corrected chi connectivity index (χ4v) is 3.14. The van der Waals surface area contributed by atoms with Gasteiger partial charge in [0.2, 0.25) is 0 Å². The van der Waals surface area contributed by atoms with Gasteiger partial charge < -0.3 is 14.6 Å². The number of hydrogen-bond donors (Lipinski definition) is 1. The summed E-state index contributed by atoms with van der Waals surface area (Å²) in [7, 11) is 3.00. The van der Waals surface area contributed by atoms with Crippen LogP contribution in [0.25, 0.3) is 11.2 Å². The second-order valence-corrected chi connectivity index (χ2v) is 6.51. The van der Waals surface area contributed by atoms with Crippen molar-refractivity contribution in [2.75, 3.05) is 19.6 Å². The van der Waals surface area contributed by atoms with Gasteiger partial charge in [-0.1, -0.05) is 0 Å². The fraction of sp³-hybridized carbons (Fsp3) is 0.625. The second-order valence-electron chi connectivity index (χ2n) is 6.51. The molecule has 0 aliphatic carbocycles. The van der Waals surface area contributed by atoms with Gasteiger partial charge in [-0.05, 0) is 19.3 Å². The first-order chi connectivity index (χ1) is 12.0. The molecule has 0 spiro atoms. The van der Waals surface area contributed by atoms with E-state index < -0.39 is 17.4 Å². The first kappa shape index (κ1) is 20.2. The normalized spacial score (nSPS) is 16.2. The Morgan fingerprint density at radius 1 is 1.23 bits per heavy atom. The summed E-state index contributed by atoms with van der Waals surface area (Å²) < 4.78 is 3.95. The molecule has 3 heterocycles. The zero-order chi connectivity index (χ0) is 18.0. The molecule has 26 heavy (non-hydrogen) atoms. The Balaban J connectivity index is 0.00000243. The lowest BCUT2D eigenvalue weighted by Crippen LogP contribution is -2.38. The van der Waals surface area contributed by atoms with E-state index in [9.17, 15) is 14.7 Å². The molecule has 0 amide bonds. The number of imidazole rings is 1. The smallest absolute Gasteiger partial charge is 0.332 e. The predicted molar refractivity (Wildman–Crippen MR) is 102 cm³/mol. The van der Waals surface area contributed by atoms with E-state index in [1.54, 1.807) is 18.0 Å². The Hall–Kier alpha value is -2.13. The maximum atomic E-state index is 12.4. The van der Waals surface area contributed by atoms with Gasteiger partial charge in [0, 0.05) is 27.2 Å². The van der Waals surface area contributed by atoms with Gasteiger partial charge in [-0.15, -0.1) is 12.4 Å². The summed E-state index contributed by atoms with van der Waals surface area (Å²) >= 11 is 0. The number of aryl methyl sites for hydroxylation is 1. The van der Waals surface area contributed by atoms with Crippen LogP contribution in [0, 0.1) is 0 Å². The van der Waals surface area contributed by atoms with Crippen molar-refractivity contribution in [1.82, 2.24) is 23.6 Å². The lowest BCUT2D eigenvalue weighted by atomic mass is 10.1. The minimum atomic E-state index is -0.736. The van der Waals surface area contributed by atoms with Gasteiger partial charge in [0.1, 0.15) is 0 Å². The number of piperidine rings is 1. The maximum Gasteiger partial charge on any atom is 0.332 e. The fourth-order valence-electron chi connectivity index (χ4n) is 3.14. The van der Waals surface area contributed by atoms with Crippen LogP contribution in [-0.2, 0) is 20.6 Å². The molecular formula is C16H25ClN6O3. The Bertz CT molecular complexity index is 894. The Morgan fingerprint density at radius 3 is 2.62 bits per heavy atom. The average Bonchev–Trinajstić information content (AvgIpc) is 3.02. The number of aliphatic imine (C=N–C) groups is 1. The van der Waals surface area contributed by atoms with E-state index in [1.165, 1.54) is 37.2 Å². The van der Waals surface area contributed by atoms with E-state index in [2.05, 4.69) is 14.9 Å². The number of likely N-dealkylation sites (tertiary alicyclic amines) is 1. The van der Waals surface area contributed by atoms with Crippen molar-refractivity contribution < 1.29 is 5.11 Å².